The van der Waals surface area contributed by atoms with Crippen LogP contribution in [0.3, 0.4) is 0 Å². The lowest BCUT2D eigenvalue weighted by molar-refractivity contribution is -0.277. The van der Waals surface area contributed by atoms with Gasteiger partial charge in [-0.05, 0) is 25.0 Å². The van der Waals surface area contributed by atoms with Crippen molar-refractivity contribution in [1.29, 1.82) is 0 Å². The van der Waals surface area contributed by atoms with Gasteiger partial charge in [-0.1, -0.05) is 13.8 Å². The van der Waals surface area contributed by atoms with Gasteiger partial charge in [-0.25, -0.2) is 4.79 Å². The number of nitrogens with zero attached hydrogens (tertiary/aromatic N) is 3. The van der Waals surface area contributed by atoms with Crippen molar-refractivity contribution in [3.8, 4) is 11.4 Å². The van der Waals surface area contributed by atoms with Crippen LogP contribution in [-0.4, -0.2) is 60.1 Å². The van der Waals surface area contributed by atoms with Gasteiger partial charge < -0.3 is 20.3 Å². The van der Waals surface area contributed by atoms with Crippen LogP contribution in [0.1, 0.15) is 39.5 Å². The second-order valence-corrected chi connectivity index (χ2v) is 8.06. The van der Waals surface area contributed by atoms with Crippen molar-refractivity contribution < 1.29 is 23.1 Å². The molecule has 3 aromatic heterocycles. The number of carbonyl (C=O) groups excluding carboxylic acids is 1. The molecule has 1 spiro atoms. The quantitative estimate of drug-likeness (QED) is 0.463. The van der Waals surface area contributed by atoms with E-state index >= 15 is 0 Å². The first-order valence-corrected chi connectivity index (χ1v) is 10.6. The van der Waals surface area contributed by atoms with E-state index in [9.17, 15) is 23.1 Å². The summed E-state index contributed by atoms with van der Waals surface area (Å²) in [4.78, 5) is 21.8. The van der Waals surface area contributed by atoms with Crippen molar-refractivity contribution in [2.45, 2.75) is 56.8 Å². The Morgan fingerprint density at radius 1 is 1.25 bits per heavy atom. The molecule has 2 fully saturated rings. The van der Waals surface area contributed by atoms with Crippen molar-refractivity contribution in [1.82, 2.24) is 25.1 Å². The fraction of sp³-hybridized carbons (Fsp3) is 0.476. The fourth-order valence-corrected chi connectivity index (χ4v) is 4.25. The minimum Gasteiger partial charge on any atom is -0.380 e. The average Bonchev–Trinajstić information content (AvgIpc) is 3.16. The summed E-state index contributed by atoms with van der Waals surface area (Å²) in [5.41, 5.74) is -1.41. The second-order valence-electron chi connectivity index (χ2n) is 8.06. The van der Waals surface area contributed by atoms with Crippen LogP contribution >= 0.6 is 0 Å². The Morgan fingerprint density at radius 2 is 2.00 bits per heavy atom. The summed E-state index contributed by atoms with van der Waals surface area (Å²) < 4.78 is 39.8. The number of hydrogen-bond acceptors (Lipinski definition) is 4. The van der Waals surface area contributed by atoms with E-state index in [4.69, 9.17) is 0 Å². The Morgan fingerprint density at radius 3 is 2.69 bits per heavy atom. The highest BCUT2D eigenvalue weighted by Crippen LogP contribution is 2.55. The molecule has 5 rings (SSSR count). The van der Waals surface area contributed by atoms with Crippen molar-refractivity contribution in [2.75, 3.05) is 11.9 Å². The van der Waals surface area contributed by atoms with Gasteiger partial charge in [0.25, 0.3) is 0 Å². The van der Waals surface area contributed by atoms with E-state index in [1.54, 1.807) is 12.4 Å². The second kappa shape index (κ2) is 7.80. The summed E-state index contributed by atoms with van der Waals surface area (Å²) in [6.07, 6.45) is 0.0164. The number of amides is 2. The first kappa shape index (κ1) is 22.1. The van der Waals surface area contributed by atoms with Gasteiger partial charge >= 0.3 is 12.2 Å². The van der Waals surface area contributed by atoms with Gasteiger partial charge in [-0.3, -0.25) is 10.1 Å². The zero-order valence-electron chi connectivity index (χ0n) is 17.8. The molecule has 3 aromatic rings. The summed E-state index contributed by atoms with van der Waals surface area (Å²) >= 11 is 0. The number of piperidine rings is 1. The molecule has 0 bridgehead atoms. The molecule has 2 aliphatic rings. The molecule has 0 radical (unpaired) electrons. The molecule has 172 valence electrons. The van der Waals surface area contributed by atoms with E-state index in [1.807, 2.05) is 26.0 Å². The number of carbonyl (C=O) groups is 1. The predicted octanol–water partition coefficient (Wildman–Crippen LogP) is 4.43. The van der Waals surface area contributed by atoms with E-state index in [0.29, 0.717) is 29.9 Å². The topological polar surface area (TPSA) is 110 Å². The number of aliphatic hydroxyl groups is 1. The highest BCUT2D eigenvalue weighted by atomic mass is 19.4. The lowest BCUT2D eigenvalue weighted by atomic mass is 9.84. The van der Waals surface area contributed by atoms with Crippen LogP contribution in [0.25, 0.3) is 22.3 Å². The van der Waals surface area contributed by atoms with Gasteiger partial charge in [0, 0.05) is 48.2 Å². The number of hydrogen-bond donors (Lipinski definition) is 4. The lowest BCUT2D eigenvalue weighted by Crippen LogP contribution is -2.60. The SMILES string of the molecule is CC.O=C(Nc1cn[nH]c1-c1cc2[nH]ccc2cn1)N1CCC(O)(C(F)(F)F)CC12CC2. The van der Waals surface area contributed by atoms with Gasteiger partial charge in [-0.2, -0.15) is 18.3 Å². The third-order valence-corrected chi connectivity index (χ3v) is 6.12. The maximum absolute atomic E-state index is 13.3. The van der Waals surface area contributed by atoms with Crippen LogP contribution in [0.2, 0.25) is 0 Å². The molecule has 11 heteroatoms. The molecule has 1 atom stereocenters. The van der Waals surface area contributed by atoms with Crippen LogP contribution in [0.5, 0.6) is 0 Å². The molecule has 1 saturated carbocycles. The number of fused-ring (bicyclic) bond motifs is 1. The number of rotatable bonds is 2. The van der Waals surface area contributed by atoms with E-state index < -0.39 is 36.2 Å². The van der Waals surface area contributed by atoms with Crippen LogP contribution in [0.15, 0.2) is 30.7 Å². The van der Waals surface area contributed by atoms with Crippen molar-refractivity contribution >= 4 is 22.6 Å². The smallest absolute Gasteiger partial charge is 0.380 e. The number of likely N-dealkylation sites (tertiary alicyclic amines) is 1. The summed E-state index contributed by atoms with van der Waals surface area (Å²) in [6, 6.07) is 3.18. The maximum atomic E-state index is 13.3. The predicted molar refractivity (Wildman–Crippen MR) is 113 cm³/mol. The minimum absolute atomic E-state index is 0.179. The summed E-state index contributed by atoms with van der Waals surface area (Å²) in [5, 5.41) is 20.6. The van der Waals surface area contributed by atoms with Gasteiger partial charge in [0.05, 0.1) is 17.6 Å². The van der Waals surface area contributed by atoms with E-state index in [0.717, 1.165) is 10.9 Å². The van der Waals surface area contributed by atoms with E-state index in [2.05, 4.69) is 25.5 Å². The van der Waals surface area contributed by atoms with Crippen molar-refractivity contribution in [2.24, 2.45) is 0 Å². The zero-order valence-corrected chi connectivity index (χ0v) is 17.8. The molecule has 0 aromatic carbocycles. The number of anilines is 1. The number of urea groups is 1. The number of aromatic amines is 2. The Balaban J connectivity index is 0.00000119. The molecule has 2 amide bonds. The molecule has 1 saturated heterocycles. The molecule has 4 N–H and O–H groups in total. The molecular formula is C21H25F3N6O2. The Labute approximate surface area is 182 Å². The first-order chi connectivity index (χ1) is 15.2. The molecular weight excluding hydrogens is 425 g/mol. The number of halogens is 3. The van der Waals surface area contributed by atoms with E-state index in [-0.39, 0.29) is 6.54 Å². The molecule has 1 aliphatic carbocycles. The third-order valence-electron chi connectivity index (χ3n) is 6.12. The average molecular weight is 450 g/mol. The van der Waals surface area contributed by atoms with Gasteiger partial charge in [0.2, 0.25) is 0 Å². The Bertz CT molecular complexity index is 1120. The summed E-state index contributed by atoms with van der Waals surface area (Å²) in [6.45, 7) is 3.82. The largest absolute Gasteiger partial charge is 0.417 e. The molecule has 1 aliphatic heterocycles. The number of alkyl halides is 3. The number of aromatic nitrogens is 4. The van der Waals surface area contributed by atoms with Gasteiger partial charge in [0.15, 0.2) is 5.60 Å². The van der Waals surface area contributed by atoms with Crippen molar-refractivity contribution in [3.05, 3.63) is 30.7 Å². The van der Waals surface area contributed by atoms with Gasteiger partial charge in [0.1, 0.15) is 5.69 Å². The maximum Gasteiger partial charge on any atom is 0.417 e. The fourth-order valence-electron chi connectivity index (χ4n) is 4.25. The van der Waals surface area contributed by atoms with Crippen LogP contribution in [0.4, 0.5) is 23.7 Å². The van der Waals surface area contributed by atoms with Crippen molar-refractivity contribution in [3.63, 3.8) is 0 Å². The number of nitrogens with one attached hydrogen (secondary N) is 3. The Hall–Kier alpha value is -3.08. The summed E-state index contributed by atoms with van der Waals surface area (Å²) in [7, 11) is 0. The zero-order chi connectivity index (χ0) is 23.1. The van der Waals surface area contributed by atoms with Crippen LogP contribution in [0, 0.1) is 0 Å². The molecule has 4 heterocycles. The van der Waals surface area contributed by atoms with Crippen LogP contribution < -0.4 is 5.32 Å². The number of pyridine rings is 1. The highest BCUT2D eigenvalue weighted by Gasteiger charge is 2.65. The third kappa shape index (κ3) is 3.70. The monoisotopic (exact) mass is 450 g/mol. The highest BCUT2D eigenvalue weighted by molar-refractivity contribution is 5.94. The van der Waals surface area contributed by atoms with Crippen LogP contribution in [-0.2, 0) is 0 Å². The van der Waals surface area contributed by atoms with E-state index in [1.165, 1.54) is 11.1 Å². The number of H-pyrrole nitrogens is 2. The lowest BCUT2D eigenvalue weighted by Gasteiger charge is -2.45. The Kier molecular flexibility index (Phi) is 5.40. The minimum atomic E-state index is -4.72. The molecule has 32 heavy (non-hydrogen) atoms. The first-order valence-electron chi connectivity index (χ1n) is 10.6. The normalized spacial score (nSPS) is 21.9. The molecule has 1 unspecified atom stereocenters. The molecule has 8 nitrogen and oxygen atoms in total. The summed E-state index contributed by atoms with van der Waals surface area (Å²) in [5.74, 6) is 0. The standard InChI is InChI=1S/C19H19F3N6O2.C2H6/c20-19(21,22)18(30)4-6-28(17(10-18)2-3-17)16(29)26-14-9-25-27-15(14)13-7-12-11(8-24-13)1-5-23-12;1-2/h1,5,7-9,23,30H,2-4,6,10H2,(H,25,27)(H,26,29);1-2H3. The van der Waals surface area contributed by atoms with Gasteiger partial charge in [-0.15, -0.1) is 0 Å².